The van der Waals surface area contributed by atoms with Gasteiger partial charge in [0.15, 0.2) is 21.9 Å². The quantitative estimate of drug-likeness (QED) is 0.130. The molecule has 78 valence electrons. The largest absolute Gasteiger partial charge is 0.379 e. The zero-order valence-electron chi connectivity index (χ0n) is 7.02. The third-order valence-electron chi connectivity index (χ3n) is 0.836. The fourth-order valence-electron chi connectivity index (χ4n) is 0.345. The molecule has 0 bridgehead atoms. The van der Waals surface area contributed by atoms with Gasteiger partial charge in [0.2, 0.25) is 0 Å². The summed E-state index contributed by atoms with van der Waals surface area (Å²) in [4.78, 5) is 0. The second-order valence-electron chi connectivity index (χ2n) is 1.95. The number of rotatable bonds is 2. The average Bonchev–Trinajstić information content (AvgIpc) is 2.09. The number of amidine groups is 2. The lowest BCUT2D eigenvalue weighted by molar-refractivity contribution is 1.01. The molecule has 0 aliphatic carbocycles. The number of thiocarbonyl (C=S) groups is 2. The molecule has 0 heterocycles. The summed E-state index contributed by atoms with van der Waals surface area (Å²) in [5.41, 5.74) is 25.3. The van der Waals surface area contributed by atoms with Crippen LogP contribution in [0.4, 0.5) is 0 Å². The first-order valence-electron chi connectivity index (χ1n) is 3.21. The van der Waals surface area contributed by atoms with Crippen LogP contribution in [-0.4, -0.2) is 21.9 Å². The van der Waals surface area contributed by atoms with Crippen molar-refractivity contribution in [1.29, 1.82) is 0 Å². The fourth-order valence-corrected chi connectivity index (χ4v) is 0.436. The Morgan fingerprint density at radius 2 is 1.07 bits per heavy atom. The van der Waals surface area contributed by atoms with Gasteiger partial charge in [-0.15, -0.1) is 0 Å². The van der Waals surface area contributed by atoms with Gasteiger partial charge in [0, 0.05) is 0 Å². The van der Waals surface area contributed by atoms with Crippen LogP contribution in [0.5, 0.6) is 0 Å². The van der Waals surface area contributed by atoms with E-state index in [0.29, 0.717) is 0 Å². The van der Waals surface area contributed by atoms with Gasteiger partial charge in [0.05, 0.1) is 0 Å². The summed E-state index contributed by atoms with van der Waals surface area (Å²) in [5, 5.41) is 6.92. The Bertz CT molecular complexity index is 264. The smallest absolute Gasteiger partial charge is 0.188 e. The zero-order chi connectivity index (χ0) is 11.1. The number of nitrogens with two attached hydrogens (primary N) is 4. The predicted octanol–water partition coefficient (Wildman–Crippen LogP) is -2.80. The highest BCUT2D eigenvalue weighted by Gasteiger charge is 1.98. The molecule has 0 amide bonds. The molecule has 10 heteroatoms. The molecule has 0 aromatic carbocycles. The van der Waals surface area contributed by atoms with Crippen LogP contribution in [0.2, 0.25) is 0 Å². The van der Waals surface area contributed by atoms with Gasteiger partial charge in [-0.25, -0.2) is 0 Å². The second-order valence-corrected chi connectivity index (χ2v) is 2.83. The zero-order valence-corrected chi connectivity index (χ0v) is 8.65. The summed E-state index contributed by atoms with van der Waals surface area (Å²) in [5.74, 6) is -0.192. The van der Waals surface area contributed by atoms with E-state index in [9.17, 15) is 0 Å². The fraction of sp³-hybridized carbons (Fsp3) is 0. The number of hydrazone groups is 2. The molecule has 0 aliphatic heterocycles. The number of hydrogen-bond acceptors (Lipinski definition) is 4. The lowest BCUT2D eigenvalue weighted by Crippen LogP contribution is -2.38. The molecular formula is C4H10N8S2. The Hall–Kier alpha value is -1.68. The normalized spacial score (nSPS) is 12.0. The van der Waals surface area contributed by atoms with Crippen LogP contribution in [0.25, 0.3) is 0 Å². The lowest BCUT2D eigenvalue weighted by atomic mass is 10.6. The maximum Gasteiger partial charge on any atom is 0.188 e. The molecule has 0 fully saturated rings. The topological polar surface area (TPSA) is 153 Å². The van der Waals surface area contributed by atoms with Crippen LogP contribution in [0.15, 0.2) is 10.2 Å². The minimum Gasteiger partial charge on any atom is -0.379 e. The van der Waals surface area contributed by atoms with E-state index in [-0.39, 0.29) is 21.9 Å². The van der Waals surface area contributed by atoms with Crippen molar-refractivity contribution in [2.75, 3.05) is 0 Å². The number of nitrogens with one attached hydrogen (secondary N) is 2. The van der Waals surface area contributed by atoms with E-state index >= 15 is 0 Å². The van der Waals surface area contributed by atoms with E-state index in [1.807, 2.05) is 0 Å². The van der Waals surface area contributed by atoms with Crippen molar-refractivity contribution in [3.8, 4) is 0 Å². The third-order valence-corrected chi connectivity index (χ3v) is 1.02. The van der Waals surface area contributed by atoms with Crippen molar-refractivity contribution in [3.05, 3.63) is 0 Å². The van der Waals surface area contributed by atoms with E-state index in [2.05, 4.69) is 45.5 Å². The van der Waals surface area contributed by atoms with Crippen molar-refractivity contribution in [2.24, 2.45) is 33.1 Å². The maximum absolute atomic E-state index is 5.34. The van der Waals surface area contributed by atoms with Gasteiger partial charge < -0.3 is 22.9 Å². The van der Waals surface area contributed by atoms with Crippen molar-refractivity contribution in [1.82, 2.24) is 10.9 Å². The molecule has 0 aromatic heterocycles. The average molecular weight is 234 g/mol. The van der Waals surface area contributed by atoms with Crippen LogP contribution in [0.3, 0.4) is 0 Å². The highest BCUT2D eigenvalue weighted by atomic mass is 32.1. The Kier molecular flexibility index (Phi) is 5.17. The van der Waals surface area contributed by atoms with Crippen LogP contribution in [0, 0.1) is 0 Å². The number of hydrogen-bond donors (Lipinski definition) is 6. The first-order valence-corrected chi connectivity index (χ1v) is 4.02. The van der Waals surface area contributed by atoms with Crippen molar-refractivity contribution in [2.45, 2.75) is 0 Å². The Morgan fingerprint density at radius 1 is 0.786 bits per heavy atom. The molecule has 0 spiro atoms. The van der Waals surface area contributed by atoms with Crippen molar-refractivity contribution < 1.29 is 0 Å². The summed E-state index contributed by atoms with van der Waals surface area (Å²) in [6.45, 7) is 0. The molecule has 0 saturated heterocycles. The monoisotopic (exact) mass is 234 g/mol. The van der Waals surface area contributed by atoms with Gasteiger partial charge in [-0.1, -0.05) is 0 Å². The molecule has 0 unspecified atom stereocenters. The van der Waals surface area contributed by atoms with E-state index in [4.69, 9.17) is 22.9 Å². The third kappa shape index (κ3) is 5.91. The van der Waals surface area contributed by atoms with Crippen LogP contribution in [0.1, 0.15) is 0 Å². The highest BCUT2D eigenvalue weighted by Crippen LogP contribution is 1.70. The van der Waals surface area contributed by atoms with Crippen LogP contribution in [-0.2, 0) is 0 Å². The van der Waals surface area contributed by atoms with Crippen molar-refractivity contribution >= 4 is 46.3 Å². The molecular weight excluding hydrogens is 224 g/mol. The molecule has 0 aliphatic rings. The van der Waals surface area contributed by atoms with Gasteiger partial charge in [-0.05, 0) is 24.4 Å². The SMILES string of the molecule is NC(=S)N/N=C(N)/C(N)=N/NC(N)=S. The minimum absolute atomic E-state index is 0.0388. The Labute approximate surface area is 90.7 Å². The maximum atomic E-state index is 5.34. The summed E-state index contributed by atoms with van der Waals surface area (Å²) in [6.07, 6.45) is 0. The minimum atomic E-state index is -0.0958. The summed E-state index contributed by atoms with van der Waals surface area (Å²) in [7, 11) is 0. The lowest BCUT2D eigenvalue weighted by Gasteiger charge is -2.01. The molecule has 8 nitrogen and oxygen atoms in total. The predicted molar refractivity (Wildman–Crippen MR) is 63.1 cm³/mol. The Balaban J connectivity index is 4.29. The standard InChI is InChI=1S/C4H10N8S2/c5-1(9-11-3(7)13)2(6)10-12-4(8)14/h(H2,5,9)(H2,6,10)(H3,7,11,13)(H3,8,12,14). The van der Waals surface area contributed by atoms with E-state index in [1.54, 1.807) is 0 Å². The first kappa shape index (κ1) is 12.3. The van der Waals surface area contributed by atoms with Crippen LogP contribution < -0.4 is 33.8 Å². The molecule has 10 N–H and O–H groups in total. The van der Waals surface area contributed by atoms with E-state index < -0.39 is 0 Å². The van der Waals surface area contributed by atoms with Gasteiger partial charge in [-0.3, -0.25) is 10.9 Å². The van der Waals surface area contributed by atoms with E-state index in [0.717, 1.165) is 0 Å². The Morgan fingerprint density at radius 3 is 1.29 bits per heavy atom. The molecule has 14 heavy (non-hydrogen) atoms. The summed E-state index contributed by atoms with van der Waals surface area (Å²) < 4.78 is 0. The highest BCUT2D eigenvalue weighted by molar-refractivity contribution is 7.80. The van der Waals surface area contributed by atoms with Gasteiger partial charge in [0.1, 0.15) is 0 Å². The van der Waals surface area contributed by atoms with Gasteiger partial charge in [0.25, 0.3) is 0 Å². The van der Waals surface area contributed by atoms with E-state index in [1.165, 1.54) is 0 Å². The molecule has 0 atom stereocenters. The molecule has 0 radical (unpaired) electrons. The van der Waals surface area contributed by atoms with Crippen molar-refractivity contribution in [3.63, 3.8) is 0 Å². The first-order chi connectivity index (χ1) is 6.43. The summed E-state index contributed by atoms with van der Waals surface area (Å²) in [6, 6.07) is 0. The molecule has 0 aromatic rings. The summed E-state index contributed by atoms with van der Waals surface area (Å²) >= 11 is 8.95. The number of nitrogens with zero attached hydrogens (tertiary/aromatic N) is 2. The van der Waals surface area contributed by atoms with Gasteiger partial charge >= 0.3 is 0 Å². The molecule has 0 saturated carbocycles. The van der Waals surface area contributed by atoms with Crippen LogP contribution >= 0.6 is 24.4 Å². The second kappa shape index (κ2) is 5.88. The van der Waals surface area contributed by atoms with Gasteiger partial charge in [-0.2, -0.15) is 10.2 Å². The molecule has 0 rings (SSSR count).